The fourth-order valence-electron chi connectivity index (χ4n) is 3.98. The van der Waals surface area contributed by atoms with Crippen LogP contribution < -0.4 is 0 Å². The molecular weight excluding hydrogens is 384 g/mol. The monoisotopic (exact) mass is 416 g/mol. The molecule has 2 aliphatic heterocycles. The number of rotatable bonds is 5. The molecule has 1 atom stereocenters. The van der Waals surface area contributed by atoms with E-state index < -0.39 is 11.7 Å². The van der Waals surface area contributed by atoms with Crippen LogP contribution in [0.4, 0.5) is 9.59 Å². The highest BCUT2D eigenvalue weighted by Crippen LogP contribution is 2.25. The Morgan fingerprint density at radius 1 is 1.13 bits per heavy atom. The summed E-state index contributed by atoms with van der Waals surface area (Å²) in [5, 5.41) is 0. The standard InChI is InChI=1S/C23H32N2O5/c1-23(2,3)30-21(27)24-13-11-17(12-14-24)9-10-20(26)25-19(16-29-22(25)28)15-18-7-5-4-6-8-18/h4-8,17,19H,9-16H2,1-3H3. The summed E-state index contributed by atoms with van der Waals surface area (Å²) in [6.45, 7) is 7.09. The Bertz CT molecular complexity index is 751. The molecule has 0 saturated carbocycles. The van der Waals surface area contributed by atoms with Crippen molar-refractivity contribution in [1.29, 1.82) is 0 Å². The third-order valence-electron chi connectivity index (χ3n) is 5.58. The maximum absolute atomic E-state index is 12.8. The summed E-state index contributed by atoms with van der Waals surface area (Å²) in [7, 11) is 0. The number of hydrogen-bond donors (Lipinski definition) is 0. The van der Waals surface area contributed by atoms with Gasteiger partial charge < -0.3 is 14.4 Å². The second-order valence-corrected chi connectivity index (χ2v) is 9.13. The van der Waals surface area contributed by atoms with Gasteiger partial charge in [-0.3, -0.25) is 4.79 Å². The van der Waals surface area contributed by atoms with Crippen LogP contribution >= 0.6 is 0 Å². The van der Waals surface area contributed by atoms with Crippen molar-refractivity contribution < 1.29 is 23.9 Å². The Hall–Kier alpha value is -2.57. The maximum atomic E-state index is 12.8. The summed E-state index contributed by atoms with van der Waals surface area (Å²) < 4.78 is 10.6. The number of imide groups is 1. The highest BCUT2D eigenvalue weighted by Gasteiger charge is 2.38. The molecule has 2 aliphatic rings. The molecular formula is C23H32N2O5. The minimum atomic E-state index is -0.541. The van der Waals surface area contributed by atoms with Crippen molar-refractivity contribution in [3.63, 3.8) is 0 Å². The Morgan fingerprint density at radius 2 is 1.80 bits per heavy atom. The normalized spacial score (nSPS) is 20.2. The predicted molar refractivity (Wildman–Crippen MR) is 112 cm³/mol. The van der Waals surface area contributed by atoms with Crippen LogP contribution in [0.15, 0.2) is 30.3 Å². The quantitative estimate of drug-likeness (QED) is 0.725. The second kappa shape index (κ2) is 9.49. The van der Waals surface area contributed by atoms with Crippen molar-refractivity contribution in [2.24, 2.45) is 5.92 Å². The molecule has 0 aliphatic carbocycles. The number of hydrogen-bond acceptors (Lipinski definition) is 5. The molecule has 1 aromatic rings. The minimum Gasteiger partial charge on any atom is -0.447 e. The molecule has 2 fully saturated rings. The fraction of sp³-hybridized carbons (Fsp3) is 0.609. The minimum absolute atomic E-state index is 0.173. The van der Waals surface area contributed by atoms with E-state index in [0.29, 0.717) is 38.3 Å². The number of ether oxygens (including phenoxy) is 2. The summed E-state index contributed by atoms with van der Waals surface area (Å²) in [4.78, 5) is 40.1. The highest BCUT2D eigenvalue weighted by atomic mass is 16.6. The number of piperidine rings is 1. The summed E-state index contributed by atoms with van der Waals surface area (Å²) in [6, 6.07) is 9.57. The topological polar surface area (TPSA) is 76.2 Å². The van der Waals surface area contributed by atoms with Crippen LogP contribution in [0, 0.1) is 5.92 Å². The molecule has 0 aromatic heterocycles. The van der Waals surface area contributed by atoms with Gasteiger partial charge >= 0.3 is 12.2 Å². The van der Waals surface area contributed by atoms with Gasteiger partial charge in [-0.1, -0.05) is 30.3 Å². The molecule has 0 bridgehead atoms. The lowest BCUT2D eigenvalue weighted by Gasteiger charge is -2.33. The second-order valence-electron chi connectivity index (χ2n) is 9.13. The van der Waals surface area contributed by atoms with Crippen molar-refractivity contribution in [2.45, 2.75) is 64.5 Å². The van der Waals surface area contributed by atoms with E-state index in [9.17, 15) is 14.4 Å². The maximum Gasteiger partial charge on any atom is 0.416 e. The van der Waals surface area contributed by atoms with Gasteiger partial charge in [-0.05, 0) is 57.9 Å². The number of carbonyl (C=O) groups excluding carboxylic acids is 3. The van der Waals surface area contributed by atoms with Gasteiger partial charge in [0.15, 0.2) is 0 Å². The third kappa shape index (κ3) is 5.97. The van der Waals surface area contributed by atoms with Crippen LogP contribution in [-0.4, -0.2) is 59.2 Å². The van der Waals surface area contributed by atoms with Gasteiger partial charge in [0.05, 0.1) is 6.04 Å². The molecule has 30 heavy (non-hydrogen) atoms. The zero-order chi connectivity index (χ0) is 21.7. The Labute approximate surface area is 178 Å². The fourth-order valence-corrected chi connectivity index (χ4v) is 3.98. The van der Waals surface area contributed by atoms with E-state index in [4.69, 9.17) is 9.47 Å². The molecule has 164 valence electrons. The van der Waals surface area contributed by atoms with Crippen LogP contribution in [0.5, 0.6) is 0 Å². The highest BCUT2D eigenvalue weighted by molar-refractivity contribution is 5.93. The number of benzene rings is 1. The van der Waals surface area contributed by atoms with Gasteiger partial charge in [-0.15, -0.1) is 0 Å². The van der Waals surface area contributed by atoms with E-state index in [2.05, 4.69) is 0 Å². The summed E-state index contributed by atoms with van der Waals surface area (Å²) in [6.07, 6.45) is 2.49. The predicted octanol–water partition coefficient (Wildman–Crippen LogP) is 4.00. The first kappa shape index (κ1) is 22.1. The van der Waals surface area contributed by atoms with E-state index in [0.717, 1.165) is 18.4 Å². The molecule has 1 unspecified atom stereocenters. The molecule has 0 spiro atoms. The Balaban J connectivity index is 1.46. The van der Waals surface area contributed by atoms with E-state index >= 15 is 0 Å². The van der Waals surface area contributed by atoms with Crippen molar-refractivity contribution in [1.82, 2.24) is 9.80 Å². The Kier molecular flexibility index (Phi) is 7.00. The van der Waals surface area contributed by atoms with Crippen LogP contribution in [0.1, 0.15) is 52.0 Å². The zero-order valence-corrected chi connectivity index (χ0v) is 18.1. The van der Waals surface area contributed by atoms with E-state index in [-0.39, 0.29) is 24.6 Å². The van der Waals surface area contributed by atoms with Gasteiger partial charge in [-0.2, -0.15) is 0 Å². The number of amides is 3. The lowest BCUT2D eigenvalue weighted by Crippen LogP contribution is -2.42. The van der Waals surface area contributed by atoms with Crippen LogP contribution in [0.3, 0.4) is 0 Å². The zero-order valence-electron chi connectivity index (χ0n) is 18.1. The lowest BCUT2D eigenvalue weighted by atomic mass is 9.92. The van der Waals surface area contributed by atoms with Gasteiger partial charge in [0.2, 0.25) is 5.91 Å². The smallest absolute Gasteiger partial charge is 0.416 e. The average molecular weight is 417 g/mol. The molecule has 3 amide bonds. The lowest BCUT2D eigenvalue weighted by molar-refractivity contribution is -0.129. The molecule has 2 saturated heterocycles. The van der Waals surface area contributed by atoms with Crippen molar-refractivity contribution in [3.05, 3.63) is 35.9 Å². The first-order valence-electron chi connectivity index (χ1n) is 10.7. The van der Waals surface area contributed by atoms with Gasteiger partial charge in [0.25, 0.3) is 0 Å². The number of nitrogens with zero attached hydrogens (tertiary/aromatic N) is 2. The van der Waals surface area contributed by atoms with Gasteiger partial charge in [0.1, 0.15) is 12.2 Å². The van der Waals surface area contributed by atoms with E-state index in [1.165, 1.54) is 4.90 Å². The molecule has 7 nitrogen and oxygen atoms in total. The third-order valence-corrected chi connectivity index (χ3v) is 5.58. The molecule has 0 N–H and O–H groups in total. The van der Waals surface area contributed by atoms with Gasteiger partial charge in [0, 0.05) is 19.5 Å². The average Bonchev–Trinajstić information content (AvgIpc) is 3.06. The molecule has 3 rings (SSSR count). The number of cyclic esters (lactones) is 1. The SMILES string of the molecule is CC(C)(C)OC(=O)N1CCC(CCC(=O)N2C(=O)OCC2Cc2ccccc2)CC1. The summed E-state index contributed by atoms with van der Waals surface area (Å²) in [5.74, 6) is 0.187. The van der Waals surface area contributed by atoms with Crippen molar-refractivity contribution >= 4 is 18.1 Å². The molecule has 2 heterocycles. The molecule has 7 heteroatoms. The number of carbonyl (C=O) groups is 3. The van der Waals surface area contributed by atoms with Crippen LogP contribution in [0.25, 0.3) is 0 Å². The molecule has 1 aromatic carbocycles. The first-order valence-corrected chi connectivity index (χ1v) is 10.7. The van der Waals surface area contributed by atoms with Crippen LogP contribution in [-0.2, 0) is 20.7 Å². The summed E-state index contributed by atoms with van der Waals surface area (Å²) in [5.41, 5.74) is 0.578. The van der Waals surface area contributed by atoms with E-state index in [1.54, 1.807) is 4.90 Å². The van der Waals surface area contributed by atoms with Crippen molar-refractivity contribution in [2.75, 3.05) is 19.7 Å². The molecule has 0 radical (unpaired) electrons. The Morgan fingerprint density at radius 3 is 2.43 bits per heavy atom. The largest absolute Gasteiger partial charge is 0.447 e. The number of likely N-dealkylation sites (tertiary alicyclic amines) is 1. The van der Waals surface area contributed by atoms with Crippen molar-refractivity contribution in [3.8, 4) is 0 Å². The van der Waals surface area contributed by atoms with Gasteiger partial charge in [-0.25, -0.2) is 14.5 Å². The van der Waals surface area contributed by atoms with Crippen LogP contribution in [0.2, 0.25) is 0 Å². The van der Waals surface area contributed by atoms with E-state index in [1.807, 2.05) is 51.1 Å². The first-order chi connectivity index (χ1) is 14.2. The summed E-state index contributed by atoms with van der Waals surface area (Å²) >= 11 is 0.